The van der Waals surface area contributed by atoms with Crippen molar-refractivity contribution >= 4 is 18.9 Å². The lowest BCUT2D eigenvalue weighted by molar-refractivity contribution is 0.00578. The maximum atomic E-state index is 14.0. The second-order valence-electron chi connectivity index (χ2n) is 6.73. The highest BCUT2D eigenvalue weighted by molar-refractivity contribution is 6.55. The molecule has 1 heterocycles. The van der Waals surface area contributed by atoms with Crippen molar-refractivity contribution in [3.8, 4) is 0 Å². The van der Waals surface area contributed by atoms with Gasteiger partial charge >= 0.3 is 7.12 Å². The van der Waals surface area contributed by atoms with Gasteiger partial charge in [-0.3, -0.25) is 0 Å². The summed E-state index contributed by atoms with van der Waals surface area (Å²) in [6, 6.07) is 2.05. The van der Waals surface area contributed by atoms with Gasteiger partial charge in [0.15, 0.2) is 0 Å². The van der Waals surface area contributed by atoms with E-state index in [1.54, 1.807) is 7.05 Å². The second-order valence-corrected chi connectivity index (χ2v) is 6.73. The SMILES string of the molecule is CNCC(=Cc1cc(F)c(N)cc1F)B1OC(C)(C)C(C)(C)O1. The van der Waals surface area contributed by atoms with Crippen molar-refractivity contribution in [3.63, 3.8) is 0 Å². The van der Waals surface area contributed by atoms with Crippen molar-refractivity contribution in [1.29, 1.82) is 0 Å². The van der Waals surface area contributed by atoms with Gasteiger partial charge in [-0.2, -0.15) is 0 Å². The molecule has 1 aromatic rings. The Labute approximate surface area is 136 Å². The summed E-state index contributed by atoms with van der Waals surface area (Å²) in [4.78, 5) is 0. The standard InChI is InChI=1S/C16H23BF2N2O2/c1-15(2)16(3,4)23-17(22-15)11(9-21-5)6-10-7-13(19)14(20)8-12(10)18/h6-8,21H,9,20H2,1-5H3. The number of likely N-dealkylation sites (N-methyl/N-ethyl adjacent to an activating group) is 1. The van der Waals surface area contributed by atoms with E-state index in [1.165, 1.54) is 6.08 Å². The van der Waals surface area contributed by atoms with Crippen LogP contribution >= 0.6 is 0 Å². The summed E-state index contributed by atoms with van der Waals surface area (Å²) < 4.78 is 39.6. The van der Waals surface area contributed by atoms with E-state index < -0.39 is 30.0 Å². The fraction of sp³-hybridized carbons (Fsp3) is 0.500. The molecule has 1 saturated heterocycles. The van der Waals surface area contributed by atoms with E-state index in [0.29, 0.717) is 12.0 Å². The van der Waals surface area contributed by atoms with Gasteiger partial charge in [0.2, 0.25) is 0 Å². The Morgan fingerprint density at radius 2 is 1.74 bits per heavy atom. The van der Waals surface area contributed by atoms with Crippen molar-refractivity contribution in [3.05, 3.63) is 34.8 Å². The number of halogens is 2. The molecule has 4 nitrogen and oxygen atoms in total. The van der Waals surface area contributed by atoms with Crippen molar-refractivity contribution in [2.75, 3.05) is 19.3 Å². The van der Waals surface area contributed by atoms with Gasteiger partial charge < -0.3 is 20.4 Å². The van der Waals surface area contributed by atoms with E-state index in [2.05, 4.69) is 5.32 Å². The first kappa shape index (κ1) is 17.9. The summed E-state index contributed by atoms with van der Waals surface area (Å²) in [5, 5.41) is 3.00. The monoisotopic (exact) mass is 324 g/mol. The quantitative estimate of drug-likeness (QED) is 0.660. The zero-order valence-electron chi connectivity index (χ0n) is 14.2. The number of anilines is 1. The Morgan fingerprint density at radius 1 is 1.17 bits per heavy atom. The van der Waals surface area contributed by atoms with Crippen molar-refractivity contribution in [2.45, 2.75) is 38.9 Å². The Morgan fingerprint density at radius 3 is 2.26 bits per heavy atom. The third-order valence-corrected chi connectivity index (χ3v) is 4.39. The molecule has 126 valence electrons. The topological polar surface area (TPSA) is 56.5 Å². The maximum Gasteiger partial charge on any atom is 0.491 e. The zero-order valence-corrected chi connectivity index (χ0v) is 14.2. The van der Waals surface area contributed by atoms with Crippen LogP contribution < -0.4 is 11.1 Å². The molecule has 7 heteroatoms. The summed E-state index contributed by atoms with van der Waals surface area (Å²) in [6.07, 6.45) is 1.54. The number of benzene rings is 1. The van der Waals surface area contributed by atoms with Crippen LogP contribution in [-0.4, -0.2) is 31.9 Å². The van der Waals surface area contributed by atoms with Gasteiger partial charge in [0.05, 0.1) is 16.9 Å². The lowest BCUT2D eigenvalue weighted by Crippen LogP contribution is -2.41. The number of nitrogens with one attached hydrogen (secondary N) is 1. The Bertz CT molecular complexity index is 617. The van der Waals surface area contributed by atoms with E-state index in [4.69, 9.17) is 15.0 Å². The molecule has 0 bridgehead atoms. The van der Waals surface area contributed by atoms with Gasteiger partial charge in [0, 0.05) is 18.2 Å². The predicted molar refractivity (Wildman–Crippen MR) is 88.8 cm³/mol. The van der Waals surface area contributed by atoms with Crippen LogP contribution in [0.25, 0.3) is 6.08 Å². The number of hydrogen-bond acceptors (Lipinski definition) is 4. The molecule has 0 amide bonds. The lowest BCUT2D eigenvalue weighted by atomic mass is 9.77. The van der Waals surface area contributed by atoms with Gasteiger partial charge in [-0.15, -0.1) is 0 Å². The van der Waals surface area contributed by atoms with Gasteiger partial charge in [0.1, 0.15) is 11.6 Å². The molecule has 2 rings (SSSR count). The maximum absolute atomic E-state index is 14.0. The van der Waals surface area contributed by atoms with Crippen LogP contribution in [0.5, 0.6) is 0 Å². The van der Waals surface area contributed by atoms with Crippen molar-refractivity contribution < 1.29 is 18.1 Å². The van der Waals surface area contributed by atoms with Crippen LogP contribution in [0.3, 0.4) is 0 Å². The van der Waals surface area contributed by atoms with E-state index in [-0.39, 0.29) is 11.3 Å². The molecule has 1 aliphatic rings. The average Bonchev–Trinajstić information content (AvgIpc) is 2.64. The first-order valence-electron chi connectivity index (χ1n) is 7.52. The minimum Gasteiger partial charge on any atom is -0.400 e. The Hall–Kier alpha value is -1.44. The fourth-order valence-electron chi connectivity index (χ4n) is 2.29. The van der Waals surface area contributed by atoms with E-state index in [0.717, 1.165) is 12.1 Å². The Balaban J connectivity index is 2.38. The van der Waals surface area contributed by atoms with Gasteiger partial charge in [-0.25, -0.2) is 8.78 Å². The first-order valence-corrected chi connectivity index (χ1v) is 7.52. The number of rotatable bonds is 4. The van der Waals surface area contributed by atoms with Crippen LogP contribution in [0.4, 0.5) is 14.5 Å². The molecule has 0 aliphatic carbocycles. The minimum atomic E-state index is -0.657. The normalized spacial score (nSPS) is 20.1. The summed E-state index contributed by atoms with van der Waals surface area (Å²) >= 11 is 0. The molecule has 0 spiro atoms. The predicted octanol–water partition coefficient (Wildman–Crippen LogP) is 2.78. The van der Waals surface area contributed by atoms with Crippen molar-refractivity contribution in [2.24, 2.45) is 0 Å². The molecular weight excluding hydrogens is 301 g/mol. The van der Waals surface area contributed by atoms with E-state index in [1.807, 2.05) is 27.7 Å². The third-order valence-electron chi connectivity index (χ3n) is 4.39. The van der Waals surface area contributed by atoms with Crippen LogP contribution in [0, 0.1) is 11.6 Å². The van der Waals surface area contributed by atoms with Gasteiger partial charge in [0.25, 0.3) is 0 Å². The van der Waals surface area contributed by atoms with Crippen LogP contribution in [0.1, 0.15) is 33.3 Å². The zero-order chi connectivity index (χ0) is 17.4. The van der Waals surface area contributed by atoms with Crippen LogP contribution in [-0.2, 0) is 9.31 Å². The second kappa shape index (κ2) is 6.22. The molecule has 0 saturated carbocycles. The molecule has 0 atom stereocenters. The highest BCUT2D eigenvalue weighted by Crippen LogP contribution is 2.38. The van der Waals surface area contributed by atoms with Crippen molar-refractivity contribution in [1.82, 2.24) is 5.32 Å². The number of nitrogen functional groups attached to an aromatic ring is 1. The Kier molecular flexibility index (Phi) is 4.85. The highest BCUT2D eigenvalue weighted by atomic mass is 19.1. The van der Waals surface area contributed by atoms with E-state index in [9.17, 15) is 8.78 Å². The average molecular weight is 324 g/mol. The number of hydrogen-bond donors (Lipinski definition) is 2. The molecule has 0 radical (unpaired) electrons. The van der Waals surface area contributed by atoms with Gasteiger partial charge in [-0.05, 0) is 46.3 Å². The molecule has 1 aromatic carbocycles. The summed E-state index contributed by atoms with van der Waals surface area (Å²) in [5.41, 5.74) is 4.93. The highest BCUT2D eigenvalue weighted by Gasteiger charge is 2.52. The van der Waals surface area contributed by atoms with E-state index >= 15 is 0 Å². The molecule has 3 N–H and O–H groups in total. The van der Waals surface area contributed by atoms with Gasteiger partial charge in [-0.1, -0.05) is 6.08 Å². The molecule has 23 heavy (non-hydrogen) atoms. The third kappa shape index (κ3) is 3.57. The fourth-order valence-corrected chi connectivity index (χ4v) is 2.29. The molecule has 0 aromatic heterocycles. The van der Waals surface area contributed by atoms with Crippen LogP contribution in [0.2, 0.25) is 0 Å². The summed E-state index contributed by atoms with van der Waals surface area (Å²) in [7, 11) is 1.13. The minimum absolute atomic E-state index is 0.108. The molecule has 0 unspecified atom stereocenters. The van der Waals surface area contributed by atoms with Crippen LogP contribution in [0.15, 0.2) is 17.6 Å². The molecule has 1 fully saturated rings. The lowest BCUT2D eigenvalue weighted by Gasteiger charge is -2.32. The molecule has 1 aliphatic heterocycles. The summed E-state index contributed by atoms with van der Waals surface area (Å²) in [6.45, 7) is 8.17. The molecular formula is C16H23BF2N2O2. The first-order chi connectivity index (χ1) is 10.6. The smallest absolute Gasteiger partial charge is 0.400 e. The summed E-state index contributed by atoms with van der Waals surface area (Å²) in [5.74, 6) is -1.25. The largest absolute Gasteiger partial charge is 0.491 e. The number of nitrogens with two attached hydrogens (primary N) is 1.